The van der Waals surface area contributed by atoms with Crippen LogP contribution in [0.1, 0.15) is 22.3 Å². The van der Waals surface area contributed by atoms with E-state index < -0.39 is 0 Å². The van der Waals surface area contributed by atoms with Gasteiger partial charge in [-0.3, -0.25) is 4.99 Å². The normalized spacial score (nSPS) is 17.1. The van der Waals surface area contributed by atoms with E-state index in [0.717, 1.165) is 54.5 Å². The third-order valence-corrected chi connectivity index (χ3v) is 4.40. The van der Waals surface area contributed by atoms with Gasteiger partial charge in [-0.2, -0.15) is 0 Å². The lowest BCUT2D eigenvalue weighted by Gasteiger charge is -2.28. The first kappa shape index (κ1) is 14.3. The van der Waals surface area contributed by atoms with Crippen molar-refractivity contribution in [1.82, 2.24) is 4.98 Å². The maximum atomic E-state index is 13.7. The number of rotatable bonds is 2. The second-order valence-corrected chi connectivity index (χ2v) is 5.93. The topological polar surface area (TPSA) is 37.7 Å². The molecular weight excluding hydrogens is 293 g/mol. The fourth-order valence-corrected chi connectivity index (χ4v) is 3.10. The molecule has 1 aromatic heterocycles. The molecule has 118 valence electrons. The van der Waals surface area contributed by atoms with Crippen LogP contribution in [0.5, 0.6) is 0 Å². The zero-order valence-electron chi connectivity index (χ0n) is 13.1. The minimum Gasteiger partial charge on any atom is -0.378 e. The van der Waals surface area contributed by atoms with Crippen LogP contribution in [0, 0.1) is 12.7 Å². The zero-order valence-corrected chi connectivity index (χ0v) is 13.1. The first-order valence-corrected chi connectivity index (χ1v) is 7.85. The standard InChI is InChI=1S/C18H18FN3O/c1-12-8-15-14(9-16(12)19)11-21-18(15)13-2-3-20-17(10-13)22-4-6-23-7-5-22/h2-3,8-10H,4-7,11H2,1H3. The van der Waals surface area contributed by atoms with Gasteiger partial charge in [0, 0.05) is 30.4 Å². The maximum absolute atomic E-state index is 13.7. The van der Waals surface area contributed by atoms with Gasteiger partial charge in [0.25, 0.3) is 0 Å². The predicted octanol–water partition coefficient (Wildman–Crippen LogP) is 2.72. The van der Waals surface area contributed by atoms with Crippen LogP contribution in [0.15, 0.2) is 35.5 Å². The van der Waals surface area contributed by atoms with Gasteiger partial charge in [0.05, 0.1) is 25.5 Å². The largest absolute Gasteiger partial charge is 0.378 e. The fourth-order valence-electron chi connectivity index (χ4n) is 3.10. The predicted molar refractivity (Wildman–Crippen MR) is 87.7 cm³/mol. The average molecular weight is 311 g/mol. The number of ether oxygens (including phenoxy) is 1. The molecule has 0 radical (unpaired) electrons. The van der Waals surface area contributed by atoms with Gasteiger partial charge in [0.1, 0.15) is 11.6 Å². The minimum absolute atomic E-state index is 0.163. The Morgan fingerprint density at radius 3 is 2.83 bits per heavy atom. The summed E-state index contributed by atoms with van der Waals surface area (Å²) in [7, 11) is 0. The van der Waals surface area contributed by atoms with Crippen LogP contribution in [0.4, 0.5) is 10.2 Å². The maximum Gasteiger partial charge on any atom is 0.129 e. The Labute approximate surface area is 134 Å². The van der Waals surface area contributed by atoms with E-state index in [0.29, 0.717) is 12.1 Å². The van der Waals surface area contributed by atoms with Gasteiger partial charge in [0.15, 0.2) is 0 Å². The number of halogens is 1. The van der Waals surface area contributed by atoms with Crippen LogP contribution in [0.3, 0.4) is 0 Å². The molecule has 1 saturated heterocycles. The molecule has 0 amide bonds. The molecule has 3 heterocycles. The van der Waals surface area contributed by atoms with E-state index in [1.807, 2.05) is 18.3 Å². The number of fused-ring (bicyclic) bond motifs is 1. The highest BCUT2D eigenvalue weighted by Gasteiger charge is 2.21. The Hall–Kier alpha value is -2.27. The highest BCUT2D eigenvalue weighted by molar-refractivity contribution is 6.15. The molecule has 0 saturated carbocycles. The monoisotopic (exact) mass is 311 g/mol. The molecule has 4 rings (SSSR count). The number of nitrogens with zero attached hydrogens (tertiary/aromatic N) is 3. The highest BCUT2D eigenvalue weighted by atomic mass is 19.1. The summed E-state index contributed by atoms with van der Waals surface area (Å²) in [4.78, 5) is 11.3. The van der Waals surface area contributed by atoms with E-state index in [4.69, 9.17) is 4.74 Å². The first-order valence-electron chi connectivity index (χ1n) is 7.85. The van der Waals surface area contributed by atoms with Gasteiger partial charge in [-0.05, 0) is 42.3 Å². The molecule has 5 heteroatoms. The third-order valence-electron chi connectivity index (χ3n) is 4.40. The number of aromatic nitrogens is 1. The average Bonchev–Trinajstić information content (AvgIpc) is 2.99. The van der Waals surface area contributed by atoms with Crippen molar-refractivity contribution in [3.05, 3.63) is 58.5 Å². The summed E-state index contributed by atoms with van der Waals surface area (Å²) in [6.45, 7) is 5.49. The van der Waals surface area contributed by atoms with Crippen molar-refractivity contribution in [3.63, 3.8) is 0 Å². The Morgan fingerprint density at radius 2 is 2.00 bits per heavy atom. The number of morpholine rings is 1. The van der Waals surface area contributed by atoms with E-state index >= 15 is 0 Å². The second-order valence-electron chi connectivity index (χ2n) is 5.93. The van der Waals surface area contributed by atoms with Crippen LogP contribution in [0.25, 0.3) is 0 Å². The molecule has 4 nitrogen and oxygen atoms in total. The molecule has 0 atom stereocenters. The molecule has 1 fully saturated rings. The Bertz CT molecular complexity index is 782. The van der Waals surface area contributed by atoms with E-state index in [2.05, 4.69) is 20.9 Å². The van der Waals surface area contributed by atoms with Crippen LogP contribution in [0.2, 0.25) is 0 Å². The highest BCUT2D eigenvalue weighted by Crippen LogP contribution is 2.27. The number of aliphatic imine (C=N–C) groups is 1. The zero-order chi connectivity index (χ0) is 15.8. The Kier molecular flexibility index (Phi) is 3.58. The van der Waals surface area contributed by atoms with Crippen LogP contribution in [-0.2, 0) is 11.3 Å². The lowest BCUT2D eigenvalue weighted by molar-refractivity contribution is 0.122. The van der Waals surface area contributed by atoms with E-state index in [1.165, 1.54) is 0 Å². The molecular formula is C18H18FN3O. The van der Waals surface area contributed by atoms with Crippen LogP contribution < -0.4 is 4.90 Å². The molecule has 0 N–H and O–H groups in total. The third kappa shape index (κ3) is 2.61. The lowest BCUT2D eigenvalue weighted by atomic mass is 9.98. The summed E-state index contributed by atoms with van der Waals surface area (Å²) >= 11 is 0. The molecule has 1 aromatic carbocycles. The van der Waals surface area contributed by atoms with Gasteiger partial charge >= 0.3 is 0 Å². The van der Waals surface area contributed by atoms with Gasteiger partial charge in [-0.15, -0.1) is 0 Å². The van der Waals surface area contributed by atoms with Crippen molar-refractivity contribution < 1.29 is 9.13 Å². The minimum atomic E-state index is -0.163. The van der Waals surface area contributed by atoms with Gasteiger partial charge in [-0.25, -0.2) is 9.37 Å². The van der Waals surface area contributed by atoms with Gasteiger partial charge in [-0.1, -0.05) is 0 Å². The van der Waals surface area contributed by atoms with Crippen molar-refractivity contribution in [2.75, 3.05) is 31.2 Å². The summed E-state index contributed by atoms with van der Waals surface area (Å²) in [6, 6.07) is 7.53. The van der Waals surface area contributed by atoms with Crippen molar-refractivity contribution in [2.45, 2.75) is 13.5 Å². The molecule has 0 bridgehead atoms. The summed E-state index contributed by atoms with van der Waals surface area (Å²) in [5.74, 6) is 0.782. The number of hydrogen-bond donors (Lipinski definition) is 0. The number of hydrogen-bond acceptors (Lipinski definition) is 4. The Balaban J connectivity index is 1.69. The molecule has 0 aliphatic carbocycles. The van der Waals surface area contributed by atoms with E-state index in [-0.39, 0.29) is 5.82 Å². The molecule has 0 spiro atoms. The number of pyridine rings is 1. The lowest BCUT2D eigenvalue weighted by Crippen LogP contribution is -2.36. The fraction of sp³-hybridized carbons (Fsp3) is 0.333. The van der Waals surface area contributed by atoms with Gasteiger partial charge < -0.3 is 9.64 Å². The first-order chi connectivity index (χ1) is 11.2. The van der Waals surface area contributed by atoms with Crippen molar-refractivity contribution >= 4 is 11.5 Å². The van der Waals surface area contributed by atoms with E-state index in [9.17, 15) is 4.39 Å². The quantitative estimate of drug-likeness (QED) is 0.856. The van der Waals surface area contributed by atoms with E-state index in [1.54, 1.807) is 13.0 Å². The van der Waals surface area contributed by atoms with Crippen molar-refractivity contribution in [1.29, 1.82) is 0 Å². The second kappa shape index (κ2) is 5.74. The molecule has 23 heavy (non-hydrogen) atoms. The van der Waals surface area contributed by atoms with Crippen LogP contribution in [-0.4, -0.2) is 37.0 Å². The molecule has 2 aliphatic heterocycles. The summed E-state index contributed by atoms with van der Waals surface area (Å²) in [5, 5.41) is 0. The number of aryl methyl sites for hydroxylation is 1. The molecule has 0 unspecified atom stereocenters. The SMILES string of the molecule is Cc1cc2c(cc1F)CN=C2c1ccnc(N2CCOCC2)c1. The number of anilines is 1. The smallest absolute Gasteiger partial charge is 0.129 e. The van der Waals surface area contributed by atoms with Crippen molar-refractivity contribution in [2.24, 2.45) is 4.99 Å². The van der Waals surface area contributed by atoms with Crippen molar-refractivity contribution in [3.8, 4) is 0 Å². The van der Waals surface area contributed by atoms with Crippen LogP contribution >= 0.6 is 0 Å². The summed E-state index contributed by atoms with van der Waals surface area (Å²) in [5.41, 5.74) is 4.60. The summed E-state index contributed by atoms with van der Waals surface area (Å²) in [6.07, 6.45) is 1.82. The summed E-state index contributed by atoms with van der Waals surface area (Å²) < 4.78 is 19.1. The number of benzene rings is 1. The Morgan fingerprint density at radius 1 is 1.17 bits per heavy atom. The molecule has 2 aliphatic rings. The van der Waals surface area contributed by atoms with Gasteiger partial charge in [0.2, 0.25) is 0 Å². The molecule has 2 aromatic rings.